The molecule has 266 valence electrons. The molecule has 2 heterocycles. The van der Waals surface area contributed by atoms with E-state index in [1.54, 1.807) is 0 Å². The van der Waals surface area contributed by atoms with Crippen molar-refractivity contribution in [1.29, 1.82) is 0 Å². The summed E-state index contributed by atoms with van der Waals surface area (Å²) in [6.07, 6.45) is 0. The molecule has 4 nitrogen and oxygen atoms in total. The van der Waals surface area contributed by atoms with Crippen molar-refractivity contribution in [2.75, 3.05) is 0 Å². The number of aromatic nitrogens is 4. The van der Waals surface area contributed by atoms with Crippen LogP contribution >= 0.6 is 0 Å². The van der Waals surface area contributed by atoms with Gasteiger partial charge in [-0.15, -0.1) is 0 Å². The fraction of sp³-hybridized carbons (Fsp3) is 0.0189. The van der Waals surface area contributed by atoms with E-state index < -0.39 is 0 Å². The fourth-order valence-corrected chi connectivity index (χ4v) is 8.58. The zero-order chi connectivity index (χ0) is 37.7. The highest BCUT2D eigenvalue weighted by atomic mass is 15.0. The van der Waals surface area contributed by atoms with Crippen LogP contribution in [0.3, 0.4) is 0 Å². The van der Waals surface area contributed by atoms with Crippen molar-refractivity contribution in [2.45, 2.75) is 5.92 Å². The Morgan fingerprint density at radius 1 is 0.316 bits per heavy atom. The van der Waals surface area contributed by atoms with Crippen LogP contribution in [-0.4, -0.2) is 19.9 Å². The number of hydrogen-bond acceptors (Lipinski definition) is 4. The molecule has 10 aromatic rings. The van der Waals surface area contributed by atoms with Crippen molar-refractivity contribution in [1.82, 2.24) is 19.9 Å². The summed E-state index contributed by atoms with van der Waals surface area (Å²) in [5.74, 6) is 2.09. The van der Waals surface area contributed by atoms with Crippen molar-refractivity contribution in [2.24, 2.45) is 0 Å². The summed E-state index contributed by atoms with van der Waals surface area (Å²) in [6, 6.07) is 70.6. The molecule has 0 atom stereocenters. The third-order valence-electron chi connectivity index (χ3n) is 11.2. The van der Waals surface area contributed by atoms with E-state index in [9.17, 15) is 0 Å². The van der Waals surface area contributed by atoms with Gasteiger partial charge in [0.25, 0.3) is 0 Å². The molecule has 0 radical (unpaired) electrons. The summed E-state index contributed by atoms with van der Waals surface area (Å²) >= 11 is 0. The Morgan fingerprint density at radius 2 is 0.789 bits per heavy atom. The van der Waals surface area contributed by atoms with Gasteiger partial charge in [0.05, 0.1) is 11.2 Å². The average molecular weight is 727 g/mol. The molecule has 4 heteroatoms. The standard InChI is InChI=1S/C53H34N4/c1-3-15-35(16-4-1)51-55-52(36-17-5-2-6-18-36)57-53(56-51)37-31-29-34(30-32-37)50-46-27-14-26-40(49(46)45-25-11-12-28-47(45)54-50)38-19-13-20-39(33-38)48-43-23-9-7-21-41(43)42-22-8-10-24-44(42)48/h1-33,48H. The molecule has 1 aliphatic carbocycles. The first-order chi connectivity index (χ1) is 28.3. The normalized spacial score (nSPS) is 12.1. The van der Waals surface area contributed by atoms with Gasteiger partial charge in [0.2, 0.25) is 0 Å². The number of hydrogen-bond donors (Lipinski definition) is 0. The van der Waals surface area contributed by atoms with Crippen LogP contribution in [0.1, 0.15) is 22.6 Å². The molecule has 11 rings (SSSR count). The van der Waals surface area contributed by atoms with Crippen molar-refractivity contribution < 1.29 is 0 Å². The van der Waals surface area contributed by atoms with Crippen LogP contribution in [0.4, 0.5) is 0 Å². The smallest absolute Gasteiger partial charge is 0.164 e. The summed E-state index contributed by atoms with van der Waals surface area (Å²) in [5.41, 5.74) is 14.8. The Morgan fingerprint density at radius 3 is 1.44 bits per heavy atom. The molecule has 0 aliphatic heterocycles. The van der Waals surface area contributed by atoms with E-state index >= 15 is 0 Å². The summed E-state index contributed by atoms with van der Waals surface area (Å²) in [7, 11) is 0. The highest BCUT2D eigenvalue weighted by molar-refractivity contribution is 6.17. The Hall–Kier alpha value is -7.56. The summed E-state index contributed by atoms with van der Waals surface area (Å²) in [5, 5.41) is 3.44. The van der Waals surface area contributed by atoms with Gasteiger partial charge < -0.3 is 0 Å². The van der Waals surface area contributed by atoms with Crippen LogP contribution in [0.25, 0.3) is 89.4 Å². The van der Waals surface area contributed by atoms with E-state index in [0.29, 0.717) is 17.5 Å². The largest absolute Gasteiger partial charge is 0.247 e. The molecule has 0 bridgehead atoms. The molecular formula is C53H34N4. The maximum Gasteiger partial charge on any atom is 0.164 e. The minimum atomic E-state index is 0.178. The maximum atomic E-state index is 5.31. The van der Waals surface area contributed by atoms with Crippen LogP contribution in [0.15, 0.2) is 200 Å². The molecule has 0 unspecified atom stereocenters. The minimum Gasteiger partial charge on any atom is -0.247 e. The van der Waals surface area contributed by atoms with Crippen LogP contribution in [0, 0.1) is 0 Å². The quantitative estimate of drug-likeness (QED) is 0.160. The highest BCUT2D eigenvalue weighted by Crippen LogP contribution is 2.48. The van der Waals surface area contributed by atoms with E-state index in [1.165, 1.54) is 44.3 Å². The van der Waals surface area contributed by atoms with Crippen molar-refractivity contribution in [3.05, 3.63) is 217 Å². The third-order valence-corrected chi connectivity index (χ3v) is 11.2. The fourth-order valence-electron chi connectivity index (χ4n) is 8.58. The molecule has 57 heavy (non-hydrogen) atoms. The number of fused-ring (bicyclic) bond motifs is 6. The van der Waals surface area contributed by atoms with Gasteiger partial charge in [0.1, 0.15) is 0 Å². The molecule has 0 saturated heterocycles. The molecule has 0 fully saturated rings. The predicted molar refractivity (Wildman–Crippen MR) is 233 cm³/mol. The molecule has 0 spiro atoms. The molecular weight excluding hydrogens is 693 g/mol. The van der Waals surface area contributed by atoms with Gasteiger partial charge in [-0.1, -0.05) is 194 Å². The lowest BCUT2D eigenvalue weighted by Crippen LogP contribution is -2.00. The number of para-hydroxylation sites is 1. The Bertz CT molecular complexity index is 3020. The molecule has 1 aliphatic rings. The number of benzene rings is 8. The second-order valence-electron chi connectivity index (χ2n) is 14.6. The highest BCUT2D eigenvalue weighted by Gasteiger charge is 2.29. The molecule has 8 aromatic carbocycles. The van der Waals surface area contributed by atoms with Gasteiger partial charge in [0.15, 0.2) is 17.5 Å². The number of pyridine rings is 1. The van der Waals surface area contributed by atoms with Crippen LogP contribution in [0.5, 0.6) is 0 Å². The lowest BCUT2D eigenvalue weighted by molar-refractivity contribution is 1.02. The van der Waals surface area contributed by atoms with Gasteiger partial charge in [-0.3, -0.25) is 0 Å². The van der Waals surface area contributed by atoms with Crippen LogP contribution in [-0.2, 0) is 0 Å². The summed E-state index contributed by atoms with van der Waals surface area (Å²) < 4.78 is 0. The zero-order valence-electron chi connectivity index (χ0n) is 30.9. The first-order valence-electron chi connectivity index (χ1n) is 19.3. The van der Waals surface area contributed by atoms with Crippen molar-refractivity contribution in [3.8, 4) is 67.7 Å². The average Bonchev–Trinajstić information content (AvgIpc) is 3.63. The molecule has 0 amide bonds. The third kappa shape index (κ3) is 5.70. The van der Waals surface area contributed by atoms with E-state index in [4.69, 9.17) is 19.9 Å². The number of rotatable bonds is 6. The minimum absolute atomic E-state index is 0.178. The molecule has 2 aromatic heterocycles. The monoisotopic (exact) mass is 726 g/mol. The van der Waals surface area contributed by atoms with Gasteiger partial charge in [-0.05, 0) is 45.0 Å². The predicted octanol–water partition coefficient (Wildman–Crippen LogP) is 13.1. The first-order valence-corrected chi connectivity index (χ1v) is 19.3. The lowest BCUT2D eigenvalue weighted by Gasteiger charge is -2.17. The van der Waals surface area contributed by atoms with Gasteiger partial charge in [0, 0.05) is 44.3 Å². The Labute approximate surface area is 330 Å². The van der Waals surface area contributed by atoms with Gasteiger partial charge in [-0.25, -0.2) is 19.9 Å². The van der Waals surface area contributed by atoms with E-state index in [-0.39, 0.29) is 5.92 Å². The van der Waals surface area contributed by atoms with Crippen LogP contribution < -0.4 is 0 Å². The SMILES string of the molecule is c1ccc(-c2nc(-c3ccccc3)nc(-c3ccc(-c4nc5ccccc5c5c(-c6cccc(C7c8ccccc8-c8ccccc87)c6)cccc45)cc3)n2)cc1. The van der Waals surface area contributed by atoms with Gasteiger partial charge >= 0.3 is 0 Å². The Balaban J connectivity index is 1.03. The summed E-state index contributed by atoms with van der Waals surface area (Å²) in [6.45, 7) is 0. The van der Waals surface area contributed by atoms with Gasteiger partial charge in [-0.2, -0.15) is 0 Å². The summed E-state index contributed by atoms with van der Waals surface area (Å²) in [4.78, 5) is 20.1. The first kappa shape index (κ1) is 32.8. The van der Waals surface area contributed by atoms with Crippen LogP contribution in [0.2, 0.25) is 0 Å². The zero-order valence-corrected chi connectivity index (χ0v) is 30.9. The topological polar surface area (TPSA) is 51.6 Å². The molecule has 0 saturated carbocycles. The second-order valence-corrected chi connectivity index (χ2v) is 14.6. The lowest BCUT2D eigenvalue weighted by atomic mass is 9.86. The second kappa shape index (κ2) is 13.6. The molecule has 0 N–H and O–H groups in total. The van der Waals surface area contributed by atoms with Crippen molar-refractivity contribution >= 4 is 21.7 Å². The Kier molecular flexibility index (Phi) is 7.85. The van der Waals surface area contributed by atoms with E-state index in [2.05, 4.69) is 140 Å². The van der Waals surface area contributed by atoms with E-state index in [0.717, 1.165) is 44.2 Å². The number of nitrogens with zero attached hydrogens (tertiary/aromatic N) is 4. The van der Waals surface area contributed by atoms with E-state index in [1.807, 2.05) is 60.7 Å². The maximum absolute atomic E-state index is 5.31. The van der Waals surface area contributed by atoms with Crippen molar-refractivity contribution in [3.63, 3.8) is 0 Å².